The number of benzene rings is 1. The number of hydrogen-bond donors (Lipinski definition) is 3. The number of rotatable bonds is 6. The first kappa shape index (κ1) is 21.9. The second kappa shape index (κ2) is 10.2. The van der Waals surface area contributed by atoms with Crippen LogP contribution in [0.2, 0.25) is 0 Å². The van der Waals surface area contributed by atoms with E-state index in [9.17, 15) is 5.11 Å². The number of nitrogens with zero attached hydrogens (tertiary/aromatic N) is 3. The maximum atomic E-state index is 10.5. The van der Waals surface area contributed by atoms with Crippen molar-refractivity contribution in [3.8, 4) is 0 Å². The smallest absolute Gasteiger partial charge is 0.191 e. The molecule has 3 aromatic rings. The number of aliphatic imine (C=N–C) groups is 1. The average Bonchev–Trinajstić information content (AvgIpc) is 3.28. The Morgan fingerprint density at radius 2 is 2.07 bits per heavy atom. The Bertz CT molecular complexity index is 860. The van der Waals surface area contributed by atoms with Gasteiger partial charge in [0, 0.05) is 42.6 Å². The lowest BCUT2D eigenvalue weighted by Crippen LogP contribution is -2.39. The van der Waals surface area contributed by atoms with Gasteiger partial charge >= 0.3 is 0 Å². The summed E-state index contributed by atoms with van der Waals surface area (Å²) < 4.78 is 1.18. The first-order chi connectivity index (χ1) is 12.6. The molecular formula is C18H24IN5OS2. The monoisotopic (exact) mass is 517 g/mol. The first-order valence-corrected chi connectivity index (χ1v) is 9.99. The van der Waals surface area contributed by atoms with Crippen molar-refractivity contribution in [1.82, 2.24) is 15.6 Å². The van der Waals surface area contributed by atoms with Crippen LogP contribution in [0.1, 0.15) is 16.7 Å². The molecule has 0 spiro atoms. The fourth-order valence-corrected chi connectivity index (χ4v) is 4.25. The molecule has 0 aliphatic rings. The zero-order chi connectivity index (χ0) is 18.5. The number of halogens is 1. The van der Waals surface area contributed by atoms with Crippen LogP contribution in [0.3, 0.4) is 0 Å². The molecule has 2 heterocycles. The van der Waals surface area contributed by atoms with Crippen LogP contribution in [-0.2, 0) is 6.54 Å². The summed E-state index contributed by atoms with van der Waals surface area (Å²) in [5.74, 6) is 0.643. The number of thiazole rings is 1. The van der Waals surface area contributed by atoms with Crippen molar-refractivity contribution in [2.45, 2.75) is 12.6 Å². The largest absolute Gasteiger partial charge is 0.386 e. The number of aliphatic hydroxyl groups is 1. The van der Waals surface area contributed by atoms with Gasteiger partial charge in [0.15, 0.2) is 11.1 Å². The van der Waals surface area contributed by atoms with E-state index in [4.69, 9.17) is 0 Å². The molecule has 0 aliphatic carbocycles. The van der Waals surface area contributed by atoms with E-state index in [0.29, 0.717) is 19.0 Å². The second-order valence-electron chi connectivity index (χ2n) is 6.02. The van der Waals surface area contributed by atoms with Crippen molar-refractivity contribution in [3.05, 3.63) is 46.3 Å². The Morgan fingerprint density at radius 3 is 2.74 bits per heavy atom. The van der Waals surface area contributed by atoms with Gasteiger partial charge in [-0.1, -0.05) is 18.2 Å². The lowest BCUT2D eigenvalue weighted by atomic mass is 10.2. The molecule has 0 radical (unpaired) electrons. The predicted molar refractivity (Wildman–Crippen MR) is 127 cm³/mol. The standard InChI is InChI=1S/C18H23N5OS2.HI/c1-19-17(20-9-13-11-25-18(22-13)23(2)3)21-10-14(24)16-8-12-6-4-5-7-15(12)26-16;/h4-8,11,14,24H,9-10H2,1-3H3,(H2,19,20,21);1H. The van der Waals surface area contributed by atoms with E-state index in [1.165, 1.54) is 4.70 Å². The third-order valence-electron chi connectivity index (χ3n) is 3.82. The lowest BCUT2D eigenvalue weighted by Gasteiger charge is -2.14. The molecule has 0 aliphatic heterocycles. The summed E-state index contributed by atoms with van der Waals surface area (Å²) in [6.07, 6.45) is -0.578. The molecule has 0 saturated heterocycles. The van der Waals surface area contributed by atoms with Crippen molar-refractivity contribution in [1.29, 1.82) is 0 Å². The van der Waals surface area contributed by atoms with E-state index in [-0.39, 0.29) is 24.0 Å². The minimum atomic E-state index is -0.578. The number of guanidine groups is 1. The Kier molecular flexibility index (Phi) is 8.27. The number of fused-ring (bicyclic) bond motifs is 1. The van der Waals surface area contributed by atoms with Crippen LogP contribution >= 0.6 is 46.7 Å². The molecular weight excluding hydrogens is 493 g/mol. The second-order valence-corrected chi connectivity index (χ2v) is 7.98. The van der Waals surface area contributed by atoms with Gasteiger partial charge in [-0.3, -0.25) is 4.99 Å². The van der Waals surface area contributed by atoms with Crippen LogP contribution in [0.5, 0.6) is 0 Å². The summed E-state index contributed by atoms with van der Waals surface area (Å²) in [4.78, 5) is 11.7. The highest BCUT2D eigenvalue weighted by atomic mass is 127. The molecule has 3 N–H and O–H groups in total. The molecule has 3 rings (SSSR count). The van der Waals surface area contributed by atoms with Crippen LogP contribution in [0.4, 0.5) is 5.13 Å². The van der Waals surface area contributed by atoms with Gasteiger partial charge in [-0.2, -0.15) is 0 Å². The normalized spacial score (nSPS) is 12.5. The first-order valence-electron chi connectivity index (χ1n) is 8.29. The Morgan fingerprint density at radius 1 is 1.30 bits per heavy atom. The van der Waals surface area contributed by atoms with Crippen LogP contribution in [0, 0.1) is 0 Å². The van der Waals surface area contributed by atoms with Crippen molar-refractivity contribution >= 4 is 67.8 Å². The Balaban J connectivity index is 0.00000261. The van der Waals surface area contributed by atoms with Gasteiger partial charge < -0.3 is 20.6 Å². The number of aliphatic hydroxyl groups excluding tert-OH is 1. The Labute approximate surface area is 184 Å². The van der Waals surface area contributed by atoms with Gasteiger partial charge in [0.1, 0.15) is 6.10 Å². The molecule has 146 valence electrons. The molecule has 27 heavy (non-hydrogen) atoms. The fourth-order valence-electron chi connectivity index (χ4n) is 2.44. The summed E-state index contributed by atoms with van der Waals surface area (Å²) in [7, 11) is 5.67. The third kappa shape index (κ3) is 5.77. The highest BCUT2D eigenvalue weighted by Gasteiger charge is 2.12. The number of aromatic nitrogens is 1. The van der Waals surface area contributed by atoms with Crippen molar-refractivity contribution in [2.75, 3.05) is 32.6 Å². The average molecular weight is 517 g/mol. The van der Waals surface area contributed by atoms with Gasteiger partial charge in [-0.05, 0) is 17.5 Å². The van der Waals surface area contributed by atoms with Crippen LogP contribution < -0.4 is 15.5 Å². The molecule has 1 aromatic carbocycles. The maximum absolute atomic E-state index is 10.5. The zero-order valence-corrected chi connectivity index (χ0v) is 19.4. The highest BCUT2D eigenvalue weighted by Crippen LogP contribution is 2.29. The molecule has 6 nitrogen and oxygen atoms in total. The lowest BCUT2D eigenvalue weighted by molar-refractivity contribution is 0.184. The predicted octanol–water partition coefficient (Wildman–Crippen LogP) is 3.44. The van der Waals surface area contributed by atoms with Crippen LogP contribution in [-0.4, -0.2) is 43.7 Å². The topological polar surface area (TPSA) is 72.8 Å². The maximum Gasteiger partial charge on any atom is 0.191 e. The molecule has 0 fully saturated rings. The SMILES string of the molecule is CN=C(NCc1csc(N(C)C)n1)NCC(O)c1cc2ccccc2s1.I. The highest BCUT2D eigenvalue weighted by molar-refractivity contribution is 14.0. The summed E-state index contributed by atoms with van der Waals surface area (Å²) in [5, 5.41) is 21.0. The Hall–Kier alpha value is -1.43. The van der Waals surface area contributed by atoms with E-state index in [1.807, 2.05) is 42.6 Å². The molecule has 0 saturated carbocycles. The van der Waals surface area contributed by atoms with E-state index < -0.39 is 6.10 Å². The molecule has 1 atom stereocenters. The summed E-state index contributed by atoms with van der Waals surface area (Å²) in [6, 6.07) is 10.2. The molecule has 0 amide bonds. The van der Waals surface area contributed by atoms with Crippen LogP contribution in [0.15, 0.2) is 40.7 Å². The van der Waals surface area contributed by atoms with Crippen LogP contribution in [0.25, 0.3) is 10.1 Å². The summed E-state index contributed by atoms with van der Waals surface area (Å²) >= 11 is 3.23. The molecule has 1 unspecified atom stereocenters. The summed E-state index contributed by atoms with van der Waals surface area (Å²) in [6.45, 7) is 0.982. The minimum absolute atomic E-state index is 0. The van der Waals surface area contributed by atoms with Gasteiger partial charge in [0.25, 0.3) is 0 Å². The van der Waals surface area contributed by atoms with E-state index in [1.54, 1.807) is 29.7 Å². The van der Waals surface area contributed by atoms with Crippen molar-refractivity contribution < 1.29 is 5.11 Å². The quantitative estimate of drug-likeness (QED) is 0.266. The minimum Gasteiger partial charge on any atom is -0.386 e. The van der Waals surface area contributed by atoms with E-state index in [0.717, 1.165) is 21.1 Å². The van der Waals surface area contributed by atoms with E-state index in [2.05, 4.69) is 32.7 Å². The van der Waals surface area contributed by atoms with Gasteiger partial charge in [0.05, 0.1) is 12.2 Å². The number of anilines is 1. The number of hydrogen-bond acceptors (Lipinski definition) is 6. The molecule has 2 aromatic heterocycles. The van der Waals surface area contributed by atoms with E-state index >= 15 is 0 Å². The number of nitrogens with one attached hydrogen (secondary N) is 2. The third-order valence-corrected chi connectivity index (χ3v) is 6.09. The summed E-state index contributed by atoms with van der Waals surface area (Å²) in [5.41, 5.74) is 0.965. The van der Waals surface area contributed by atoms with Crippen molar-refractivity contribution in [3.63, 3.8) is 0 Å². The molecule has 9 heteroatoms. The zero-order valence-electron chi connectivity index (χ0n) is 15.5. The number of thiophene rings is 1. The van der Waals surface area contributed by atoms with Gasteiger partial charge in [-0.15, -0.1) is 46.7 Å². The van der Waals surface area contributed by atoms with Gasteiger partial charge in [-0.25, -0.2) is 4.98 Å². The molecule has 0 bridgehead atoms. The van der Waals surface area contributed by atoms with Gasteiger partial charge in [0.2, 0.25) is 0 Å². The van der Waals surface area contributed by atoms with Crippen molar-refractivity contribution in [2.24, 2.45) is 4.99 Å². The fraction of sp³-hybridized carbons (Fsp3) is 0.333.